The van der Waals surface area contributed by atoms with Gasteiger partial charge in [-0.05, 0) is 52.3 Å². The molecular weight excluding hydrogens is 318 g/mol. The Morgan fingerprint density at radius 1 is 1.16 bits per heavy atom. The van der Waals surface area contributed by atoms with Crippen molar-refractivity contribution in [1.82, 2.24) is 0 Å². The molecule has 2 rings (SSSR count). The van der Waals surface area contributed by atoms with E-state index < -0.39 is 17.5 Å². The lowest BCUT2D eigenvalue weighted by Gasteiger charge is -2.08. The van der Waals surface area contributed by atoms with E-state index in [-0.39, 0.29) is 11.3 Å². The summed E-state index contributed by atoms with van der Waals surface area (Å²) in [5.74, 6) is -1.80. The van der Waals surface area contributed by atoms with E-state index in [0.29, 0.717) is 10.2 Å². The molecule has 0 aliphatic rings. The lowest BCUT2D eigenvalue weighted by atomic mass is 10.2. The number of carbonyl (C=O) groups is 1. The van der Waals surface area contributed by atoms with Crippen LogP contribution in [0.25, 0.3) is 0 Å². The third-order valence-electron chi connectivity index (χ3n) is 2.41. The van der Waals surface area contributed by atoms with E-state index in [9.17, 15) is 13.6 Å². The molecule has 0 atom stereocenters. The van der Waals surface area contributed by atoms with Crippen molar-refractivity contribution < 1.29 is 13.6 Å². The van der Waals surface area contributed by atoms with E-state index in [4.69, 9.17) is 5.73 Å². The van der Waals surface area contributed by atoms with Crippen molar-refractivity contribution in [3.05, 3.63) is 58.1 Å². The van der Waals surface area contributed by atoms with Crippen LogP contribution in [0.5, 0.6) is 0 Å². The van der Waals surface area contributed by atoms with Crippen LogP contribution in [0.2, 0.25) is 0 Å². The van der Waals surface area contributed by atoms with E-state index in [2.05, 4.69) is 21.2 Å². The normalized spacial score (nSPS) is 10.3. The van der Waals surface area contributed by atoms with Crippen LogP contribution in [-0.2, 0) is 0 Å². The van der Waals surface area contributed by atoms with Gasteiger partial charge in [0, 0.05) is 10.2 Å². The fourth-order valence-corrected chi connectivity index (χ4v) is 1.93. The van der Waals surface area contributed by atoms with E-state index in [1.807, 2.05) is 0 Å². The molecule has 3 nitrogen and oxygen atoms in total. The van der Waals surface area contributed by atoms with Crippen molar-refractivity contribution in [1.29, 1.82) is 0 Å². The summed E-state index contributed by atoms with van der Waals surface area (Å²) in [7, 11) is 0. The van der Waals surface area contributed by atoms with Crippen LogP contribution in [0, 0.1) is 11.6 Å². The Morgan fingerprint density at radius 3 is 2.63 bits per heavy atom. The Bertz CT molecular complexity index is 647. The second-order valence-electron chi connectivity index (χ2n) is 3.82. The quantitative estimate of drug-likeness (QED) is 0.829. The summed E-state index contributed by atoms with van der Waals surface area (Å²) in [6, 6.07) is 7.49. The lowest BCUT2D eigenvalue weighted by molar-refractivity contribution is 0.102. The first-order chi connectivity index (χ1) is 8.97. The van der Waals surface area contributed by atoms with Crippen LogP contribution in [0.15, 0.2) is 40.9 Å². The van der Waals surface area contributed by atoms with Crippen LogP contribution in [0.4, 0.5) is 20.2 Å². The number of halogens is 3. The van der Waals surface area contributed by atoms with Crippen molar-refractivity contribution in [2.75, 3.05) is 11.1 Å². The summed E-state index contributed by atoms with van der Waals surface area (Å²) < 4.78 is 27.0. The molecule has 1 amide bonds. The van der Waals surface area contributed by atoms with Crippen molar-refractivity contribution in [3.63, 3.8) is 0 Å². The standard InChI is InChI=1S/C13H9BrF2N2O/c14-10-3-1-7(15)5-9(10)13(19)18-12-6-8(17)2-4-11(12)16/h1-6H,17H2,(H,18,19). The van der Waals surface area contributed by atoms with Crippen molar-refractivity contribution in [3.8, 4) is 0 Å². The fourth-order valence-electron chi connectivity index (χ4n) is 1.50. The largest absolute Gasteiger partial charge is 0.399 e. The molecule has 0 heterocycles. The highest BCUT2D eigenvalue weighted by atomic mass is 79.9. The minimum atomic E-state index is -0.629. The number of nitrogens with two attached hydrogens (primary N) is 1. The minimum absolute atomic E-state index is 0.0545. The average molecular weight is 327 g/mol. The zero-order valence-electron chi connectivity index (χ0n) is 9.58. The molecule has 2 aromatic carbocycles. The van der Waals surface area contributed by atoms with Gasteiger partial charge >= 0.3 is 0 Å². The van der Waals surface area contributed by atoms with Gasteiger partial charge in [-0.1, -0.05) is 0 Å². The van der Waals surface area contributed by atoms with E-state index in [0.717, 1.165) is 12.1 Å². The van der Waals surface area contributed by atoms with E-state index in [1.54, 1.807) is 0 Å². The Hall–Kier alpha value is -1.95. The highest BCUT2D eigenvalue weighted by Crippen LogP contribution is 2.22. The van der Waals surface area contributed by atoms with Gasteiger partial charge in [0.25, 0.3) is 5.91 Å². The number of carbonyl (C=O) groups excluding carboxylic acids is 1. The van der Waals surface area contributed by atoms with Gasteiger partial charge < -0.3 is 11.1 Å². The van der Waals surface area contributed by atoms with Crippen LogP contribution >= 0.6 is 15.9 Å². The molecule has 0 aromatic heterocycles. The van der Waals surface area contributed by atoms with Crippen LogP contribution in [0.1, 0.15) is 10.4 Å². The van der Waals surface area contributed by atoms with Gasteiger partial charge in [0.05, 0.1) is 11.3 Å². The molecule has 0 unspecified atom stereocenters. The van der Waals surface area contributed by atoms with Crippen molar-refractivity contribution in [2.24, 2.45) is 0 Å². The maximum atomic E-state index is 13.5. The second-order valence-corrected chi connectivity index (χ2v) is 4.67. The highest BCUT2D eigenvalue weighted by Gasteiger charge is 2.13. The number of hydrogen-bond donors (Lipinski definition) is 2. The summed E-state index contributed by atoms with van der Waals surface area (Å²) in [5, 5.41) is 2.34. The molecule has 0 bridgehead atoms. The molecule has 0 saturated carbocycles. The Labute approximate surface area is 116 Å². The first-order valence-electron chi connectivity index (χ1n) is 5.29. The Morgan fingerprint density at radius 2 is 1.89 bits per heavy atom. The summed E-state index contributed by atoms with van der Waals surface area (Å²) in [6.45, 7) is 0. The Kier molecular flexibility index (Phi) is 3.80. The molecular formula is C13H9BrF2N2O. The third kappa shape index (κ3) is 3.08. The van der Waals surface area contributed by atoms with Crippen LogP contribution in [0.3, 0.4) is 0 Å². The number of nitrogens with one attached hydrogen (secondary N) is 1. The maximum Gasteiger partial charge on any atom is 0.256 e. The topological polar surface area (TPSA) is 55.1 Å². The molecule has 2 aromatic rings. The van der Waals surface area contributed by atoms with Crippen molar-refractivity contribution >= 4 is 33.2 Å². The number of benzene rings is 2. The van der Waals surface area contributed by atoms with Crippen molar-refractivity contribution in [2.45, 2.75) is 0 Å². The first kappa shape index (κ1) is 13.5. The van der Waals surface area contributed by atoms with Gasteiger partial charge in [0.2, 0.25) is 0 Å². The molecule has 3 N–H and O–H groups in total. The summed E-state index contributed by atoms with van der Waals surface area (Å²) in [6.07, 6.45) is 0. The van der Waals surface area contributed by atoms with Gasteiger partial charge in [-0.2, -0.15) is 0 Å². The van der Waals surface area contributed by atoms with Gasteiger partial charge in [-0.25, -0.2) is 8.78 Å². The number of anilines is 2. The van der Waals surface area contributed by atoms with Gasteiger partial charge in [0.15, 0.2) is 0 Å². The van der Waals surface area contributed by atoms with Crippen LogP contribution < -0.4 is 11.1 Å². The molecule has 98 valence electrons. The minimum Gasteiger partial charge on any atom is -0.399 e. The maximum absolute atomic E-state index is 13.5. The van der Waals surface area contributed by atoms with Gasteiger partial charge in [-0.3, -0.25) is 4.79 Å². The highest BCUT2D eigenvalue weighted by molar-refractivity contribution is 9.10. The molecule has 0 aliphatic carbocycles. The van der Waals surface area contributed by atoms with Gasteiger partial charge in [-0.15, -0.1) is 0 Å². The smallest absolute Gasteiger partial charge is 0.256 e. The van der Waals surface area contributed by atoms with Gasteiger partial charge in [0.1, 0.15) is 11.6 Å². The monoisotopic (exact) mass is 326 g/mol. The predicted molar refractivity (Wildman–Crippen MR) is 72.9 cm³/mol. The van der Waals surface area contributed by atoms with Crippen LogP contribution in [-0.4, -0.2) is 5.91 Å². The zero-order chi connectivity index (χ0) is 14.0. The molecule has 6 heteroatoms. The van der Waals surface area contributed by atoms with E-state index >= 15 is 0 Å². The number of amides is 1. The predicted octanol–water partition coefficient (Wildman–Crippen LogP) is 3.56. The number of nitrogen functional groups attached to an aromatic ring is 1. The first-order valence-corrected chi connectivity index (χ1v) is 6.08. The molecule has 0 fully saturated rings. The molecule has 19 heavy (non-hydrogen) atoms. The summed E-state index contributed by atoms with van der Waals surface area (Å²) in [5.41, 5.74) is 5.84. The van der Waals surface area contributed by atoms with E-state index in [1.165, 1.54) is 24.3 Å². The fraction of sp³-hybridized carbons (Fsp3) is 0. The summed E-state index contributed by atoms with van der Waals surface area (Å²) >= 11 is 3.13. The second kappa shape index (κ2) is 5.36. The zero-order valence-corrected chi connectivity index (χ0v) is 11.2. The molecule has 0 spiro atoms. The Balaban J connectivity index is 2.30. The molecule has 0 aliphatic heterocycles. The summed E-state index contributed by atoms with van der Waals surface area (Å²) in [4.78, 5) is 11.9. The average Bonchev–Trinajstić information content (AvgIpc) is 2.36. The molecule has 0 radical (unpaired) electrons. The SMILES string of the molecule is Nc1ccc(F)c(NC(=O)c2cc(F)ccc2Br)c1. The third-order valence-corrected chi connectivity index (χ3v) is 3.10. The number of rotatable bonds is 2. The lowest BCUT2D eigenvalue weighted by Crippen LogP contribution is -2.14. The molecule has 0 saturated heterocycles. The number of hydrogen-bond acceptors (Lipinski definition) is 2.